The van der Waals surface area contributed by atoms with Crippen molar-refractivity contribution >= 4 is 29.2 Å². The molecule has 2 heterocycles. The number of aromatic nitrogens is 1. The van der Waals surface area contributed by atoms with E-state index in [4.69, 9.17) is 4.74 Å². The molecular weight excluding hydrogens is 396 g/mol. The van der Waals surface area contributed by atoms with Gasteiger partial charge in [-0.25, -0.2) is 4.98 Å². The quantitative estimate of drug-likeness (QED) is 0.748. The van der Waals surface area contributed by atoms with Gasteiger partial charge in [0.1, 0.15) is 24.7 Å². The zero-order valence-corrected chi connectivity index (χ0v) is 18.1. The Labute approximate surface area is 181 Å². The summed E-state index contributed by atoms with van der Waals surface area (Å²) in [6, 6.07) is 10.2. The third kappa shape index (κ3) is 4.45. The first-order chi connectivity index (χ1) is 14.7. The number of aromatic amines is 1. The number of ether oxygens (including phenoxy) is 1. The fraction of sp³-hybridized carbons (Fsp3) is 0.435. The SMILES string of the molecule is Cc1ccccc1NC(=O)CSc1[nH+]c(N2CCOCC2)c2c(c1C#N)CCCC2. The number of hydrogen-bond donors (Lipinski definition) is 1. The molecule has 1 fully saturated rings. The van der Waals surface area contributed by atoms with E-state index in [9.17, 15) is 10.1 Å². The smallest absolute Gasteiger partial charge is 0.278 e. The van der Waals surface area contributed by atoms with Crippen molar-refractivity contribution in [1.82, 2.24) is 0 Å². The lowest BCUT2D eigenvalue weighted by atomic mass is 9.89. The van der Waals surface area contributed by atoms with Crippen LogP contribution in [0.2, 0.25) is 0 Å². The van der Waals surface area contributed by atoms with E-state index in [-0.39, 0.29) is 11.7 Å². The van der Waals surface area contributed by atoms with Crippen LogP contribution in [-0.4, -0.2) is 38.0 Å². The Balaban J connectivity index is 1.58. The second kappa shape index (κ2) is 9.50. The van der Waals surface area contributed by atoms with Crippen molar-refractivity contribution in [2.75, 3.05) is 42.3 Å². The number of anilines is 2. The minimum Gasteiger partial charge on any atom is -0.373 e. The van der Waals surface area contributed by atoms with Crippen LogP contribution in [0, 0.1) is 18.3 Å². The van der Waals surface area contributed by atoms with E-state index in [2.05, 4.69) is 21.3 Å². The summed E-state index contributed by atoms with van der Waals surface area (Å²) in [7, 11) is 0. The molecule has 0 saturated carbocycles. The van der Waals surface area contributed by atoms with Crippen molar-refractivity contribution in [3.8, 4) is 6.07 Å². The first kappa shape index (κ1) is 20.7. The number of carbonyl (C=O) groups is 1. The Morgan fingerprint density at radius 2 is 1.97 bits per heavy atom. The number of nitrogens with zero attached hydrogens (tertiary/aromatic N) is 2. The molecule has 1 aromatic carbocycles. The Hall–Kier alpha value is -2.56. The van der Waals surface area contributed by atoms with Crippen LogP contribution >= 0.6 is 11.8 Å². The van der Waals surface area contributed by atoms with Gasteiger partial charge in [-0.2, -0.15) is 5.26 Å². The summed E-state index contributed by atoms with van der Waals surface area (Å²) < 4.78 is 5.52. The Bertz CT molecular complexity index is 980. The van der Waals surface area contributed by atoms with Gasteiger partial charge >= 0.3 is 0 Å². The van der Waals surface area contributed by atoms with Crippen LogP contribution in [0.3, 0.4) is 0 Å². The summed E-state index contributed by atoms with van der Waals surface area (Å²) in [5.41, 5.74) is 4.99. The molecular formula is C23H27N4O2S+. The number of H-pyrrole nitrogens is 1. The van der Waals surface area contributed by atoms with Gasteiger partial charge in [-0.3, -0.25) is 9.69 Å². The highest BCUT2D eigenvalue weighted by molar-refractivity contribution is 7.99. The number of nitrogens with one attached hydrogen (secondary N) is 2. The van der Waals surface area contributed by atoms with Crippen LogP contribution in [0.25, 0.3) is 0 Å². The van der Waals surface area contributed by atoms with Crippen molar-refractivity contribution in [3.63, 3.8) is 0 Å². The number of pyridine rings is 1. The topological polar surface area (TPSA) is 79.5 Å². The molecule has 1 aliphatic carbocycles. The number of benzene rings is 1. The molecule has 1 saturated heterocycles. The molecule has 0 atom stereocenters. The Morgan fingerprint density at radius 1 is 1.23 bits per heavy atom. The Kier molecular flexibility index (Phi) is 6.56. The number of amides is 1. The fourth-order valence-electron chi connectivity index (χ4n) is 4.15. The summed E-state index contributed by atoms with van der Waals surface area (Å²) in [4.78, 5) is 18.4. The molecule has 6 nitrogen and oxygen atoms in total. The lowest BCUT2D eigenvalue weighted by Gasteiger charge is -2.26. The molecule has 1 aromatic heterocycles. The van der Waals surface area contributed by atoms with Crippen LogP contribution in [-0.2, 0) is 22.4 Å². The standard InChI is InChI=1S/C23H26N4O2S/c1-16-6-2-5-9-20(16)25-21(28)15-30-23-19(14-24)17-7-3-4-8-18(17)22(26-23)27-10-12-29-13-11-27/h2,5-6,9H,3-4,7-8,10-13,15H2,1H3,(H,25,28)/p+1. The first-order valence-electron chi connectivity index (χ1n) is 10.5. The molecule has 0 radical (unpaired) electrons. The third-order valence-electron chi connectivity index (χ3n) is 5.72. The largest absolute Gasteiger partial charge is 0.373 e. The molecule has 7 heteroatoms. The van der Waals surface area contributed by atoms with Gasteiger partial charge in [-0.15, -0.1) is 0 Å². The lowest BCUT2D eigenvalue weighted by molar-refractivity contribution is -0.414. The number of thioether (sulfide) groups is 1. The van der Waals surface area contributed by atoms with Crippen molar-refractivity contribution in [1.29, 1.82) is 5.26 Å². The van der Waals surface area contributed by atoms with Crippen molar-refractivity contribution in [3.05, 3.63) is 46.5 Å². The van der Waals surface area contributed by atoms with Gasteiger partial charge in [0.15, 0.2) is 5.03 Å². The number of aryl methyl sites for hydroxylation is 1. The molecule has 2 N–H and O–H groups in total. The number of rotatable bonds is 5. The average molecular weight is 424 g/mol. The highest BCUT2D eigenvalue weighted by Gasteiger charge is 2.31. The average Bonchev–Trinajstić information content (AvgIpc) is 2.79. The summed E-state index contributed by atoms with van der Waals surface area (Å²) in [5, 5.41) is 13.7. The van der Waals surface area contributed by atoms with E-state index >= 15 is 0 Å². The number of hydrogen-bond acceptors (Lipinski definition) is 5. The van der Waals surface area contributed by atoms with E-state index < -0.39 is 0 Å². The van der Waals surface area contributed by atoms with E-state index in [1.807, 2.05) is 31.2 Å². The van der Waals surface area contributed by atoms with Crippen molar-refractivity contribution in [2.24, 2.45) is 0 Å². The number of fused-ring (bicyclic) bond motifs is 1. The minimum atomic E-state index is -0.0720. The van der Waals surface area contributed by atoms with Crippen molar-refractivity contribution in [2.45, 2.75) is 37.6 Å². The van der Waals surface area contributed by atoms with Gasteiger partial charge in [0, 0.05) is 11.3 Å². The van der Waals surface area contributed by atoms with Crippen LogP contribution in [0.5, 0.6) is 0 Å². The minimum absolute atomic E-state index is 0.0720. The lowest BCUT2D eigenvalue weighted by Crippen LogP contribution is -2.41. The maximum Gasteiger partial charge on any atom is 0.278 e. The van der Waals surface area contributed by atoms with Crippen LogP contribution in [0.15, 0.2) is 29.3 Å². The second-order valence-electron chi connectivity index (χ2n) is 7.70. The molecule has 156 valence electrons. The fourth-order valence-corrected chi connectivity index (χ4v) is 4.98. The second-order valence-corrected chi connectivity index (χ2v) is 8.69. The van der Waals surface area contributed by atoms with Gasteiger partial charge in [-0.1, -0.05) is 30.0 Å². The number of para-hydroxylation sites is 1. The van der Waals surface area contributed by atoms with Gasteiger partial charge in [-0.05, 0) is 49.8 Å². The molecule has 0 bridgehead atoms. The highest BCUT2D eigenvalue weighted by Crippen LogP contribution is 2.34. The predicted octanol–water partition coefficient (Wildman–Crippen LogP) is 3.13. The molecule has 1 amide bonds. The van der Waals surface area contributed by atoms with Gasteiger partial charge < -0.3 is 10.1 Å². The molecule has 2 aromatic rings. The molecule has 2 aliphatic rings. The monoisotopic (exact) mass is 423 g/mol. The zero-order chi connectivity index (χ0) is 20.9. The maximum atomic E-state index is 12.6. The normalized spacial score (nSPS) is 15.9. The van der Waals surface area contributed by atoms with Gasteiger partial charge in [0.2, 0.25) is 5.91 Å². The summed E-state index contributed by atoms with van der Waals surface area (Å²) in [6.07, 6.45) is 4.17. The summed E-state index contributed by atoms with van der Waals surface area (Å²) >= 11 is 1.41. The molecule has 30 heavy (non-hydrogen) atoms. The highest BCUT2D eigenvalue weighted by atomic mass is 32.2. The van der Waals surface area contributed by atoms with Crippen LogP contribution in [0.1, 0.15) is 35.1 Å². The molecule has 1 aliphatic heterocycles. The summed E-state index contributed by atoms with van der Waals surface area (Å²) in [5.74, 6) is 1.28. The number of carbonyl (C=O) groups excluding carboxylic acids is 1. The predicted molar refractivity (Wildman–Crippen MR) is 118 cm³/mol. The van der Waals surface area contributed by atoms with Crippen LogP contribution < -0.4 is 15.2 Å². The third-order valence-corrected chi connectivity index (χ3v) is 6.72. The number of morpholine rings is 1. The molecule has 0 spiro atoms. The summed E-state index contributed by atoms with van der Waals surface area (Å²) in [6.45, 7) is 5.08. The first-order valence-corrected chi connectivity index (χ1v) is 11.5. The number of nitriles is 1. The van der Waals surface area contributed by atoms with E-state index in [0.717, 1.165) is 66.4 Å². The zero-order valence-electron chi connectivity index (χ0n) is 17.3. The van der Waals surface area contributed by atoms with Gasteiger partial charge in [0.05, 0.1) is 19.0 Å². The van der Waals surface area contributed by atoms with Gasteiger partial charge in [0.25, 0.3) is 5.82 Å². The van der Waals surface area contributed by atoms with Crippen molar-refractivity contribution < 1.29 is 14.5 Å². The van der Waals surface area contributed by atoms with E-state index in [1.165, 1.54) is 17.3 Å². The maximum absolute atomic E-state index is 12.6. The Morgan fingerprint density at radius 3 is 2.70 bits per heavy atom. The van der Waals surface area contributed by atoms with E-state index in [0.29, 0.717) is 18.8 Å². The molecule has 4 rings (SSSR count). The molecule has 0 unspecified atom stereocenters. The van der Waals surface area contributed by atoms with Crippen LogP contribution in [0.4, 0.5) is 11.5 Å². The van der Waals surface area contributed by atoms with E-state index in [1.54, 1.807) is 0 Å².